The molecule has 1 heteroatoms. The molecule has 0 heterocycles. The van der Waals surface area contributed by atoms with Crippen LogP contribution in [0.15, 0.2) is 24.3 Å². The molecule has 0 amide bonds. The Hall–Kier alpha value is -0.560. The Kier molecular flexibility index (Phi) is 24.2. The summed E-state index contributed by atoms with van der Waals surface area (Å²) in [7, 11) is 4.55. The van der Waals surface area contributed by atoms with E-state index in [0.717, 1.165) is 12.5 Å². The first-order valence-corrected chi connectivity index (χ1v) is 13.7. The summed E-state index contributed by atoms with van der Waals surface area (Å²) in [6, 6.07) is 0.804. The molecule has 0 aromatic heterocycles. The third kappa shape index (κ3) is 22.1. The van der Waals surface area contributed by atoms with E-state index in [4.69, 9.17) is 0 Å². The van der Waals surface area contributed by atoms with Crippen LogP contribution in [0.5, 0.6) is 0 Å². The standard InChI is InChI=1S/C29H57N/c1-5-7-9-11-13-14-15-16-17-18-19-20-22-24-26-28-29(30(3)4)27-25-23-21-12-10-8-6-2/h13-14,16-17,29H,5-12,15,18-28H2,1-4H3. The number of unbranched alkanes of at least 4 members (excludes halogenated alkanes) is 14. The van der Waals surface area contributed by atoms with Crippen molar-refractivity contribution >= 4 is 0 Å². The Morgan fingerprint density at radius 1 is 0.500 bits per heavy atom. The van der Waals surface area contributed by atoms with Crippen LogP contribution in [0.1, 0.15) is 142 Å². The lowest BCUT2D eigenvalue weighted by atomic mass is 9.99. The fourth-order valence-corrected chi connectivity index (χ4v) is 4.19. The van der Waals surface area contributed by atoms with Gasteiger partial charge in [0, 0.05) is 6.04 Å². The van der Waals surface area contributed by atoms with E-state index >= 15 is 0 Å². The maximum absolute atomic E-state index is 2.47. The molecule has 0 aliphatic carbocycles. The van der Waals surface area contributed by atoms with Gasteiger partial charge < -0.3 is 4.90 Å². The first kappa shape index (κ1) is 29.4. The van der Waals surface area contributed by atoms with E-state index in [0.29, 0.717) is 0 Å². The highest BCUT2D eigenvalue weighted by Gasteiger charge is 2.10. The molecule has 1 nitrogen and oxygen atoms in total. The van der Waals surface area contributed by atoms with Crippen molar-refractivity contribution < 1.29 is 0 Å². The largest absolute Gasteiger partial charge is 0.306 e. The first-order chi connectivity index (χ1) is 14.7. The van der Waals surface area contributed by atoms with E-state index in [1.54, 1.807) is 0 Å². The number of rotatable bonds is 23. The van der Waals surface area contributed by atoms with Crippen molar-refractivity contribution in [2.75, 3.05) is 14.1 Å². The monoisotopic (exact) mass is 419 g/mol. The molecule has 0 radical (unpaired) electrons. The van der Waals surface area contributed by atoms with Crippen LogP contribution in [0.2, 0.25) is 0 Å². The molecule has 178 valence electrons. The summed E-state index contributed by atoms with van der Waals surface area (Å²) in [5.41, 5.74) is 0. The smallest absolute Gasteiger partial charge is 0.00891 e. The maximum atomic E-state index is 2.47. The van der Waals surface area contributed by atoms with Crippen molar-refractivity contribution in [1.82, 2.24) is 4.90 Å². The quantitative estimate of drug-likeness (QED) is 0.118. The van der Waals surface area contributed by atoms with Gasteiger partial charge in [-0.05, 0) is 59.0 Å². The highest BCUT2D eigenvalue weighted by Crippen LogP contribution is 2.17. The van der Waals surface area contributed by atoms with Gasteiger partial charge in [0.1, 0.15) is 0 Å². The Balaban J connectivity index is 3.51. The van der Waals surface area contributed by atoms with Gasteiger partial charge in [0.2, 0.25) is 0 Å². The van der Waals surface area contributed by atoms with Gasteiger partial charge in [-0.25, -0.2) is 0 Å². The summed E-state index contributed by atoms with van der Waals surface area (Å²) in [4.78, 5) is 2.47. The normalized spacial score (nSPS) is 13.2. The first-order valence-electron chi connectivity index (χ1n) is 13.7. The zero-order valence-electron chi connectivity index (χ0n) is 21.5. The minimum absolute atomic E-state index is 0.804. The highest BCUT2D eigenvalue weighted by atomic mass is 15.1. The SMILES string of the molecule is CCCCCC=CCC=CCCCCCCCC(CCCCCCCCC)N(C)C. The van der Waals surface area contributed by atoms with E-state index in [1.807, 2.05) is 0 Å². The number of nitrogens with zero attached hydrogens (tertiary/aromatic N) is 1. The third-order valence-corrected chi connectivity index (χ3v) is 6.36. The topological polar surface area (TPSA) is 3.24 Å². The van der Waals surface area contributed by atoms with Gasteiger partial charge in [0.25, 0.3) is 0 Å². The Labute approximate surface area is 191 Å². The lowest BCUT2D eigenvalue weighted by molar-refractivity contribution is 0.251. The third-order valence-electron chi connectivity index (χ3n) is 6.36. The van der Waals surface area contributed by atoms with E-state index in [-0.39, 0.29) is 0 Å². The summed E-state index contributed by atoms with van der Waals surface area (Å²) in [6.45, 7) is 4.57. The average molecular weight is 420 g/mol. The second kappa shape index (κ2) is 24.7. The summed E-state index contributed by atoms with van der Waals surface area (Å²) in [5.74, 6) is 0. The summed E-state index contributed by atoms with van der Waals surface area (Å²) in [5, 5.41) is 0. The molecule has 0 bridgehead atoms. The number of hydrogen-bond donors (Lipinski definition) is 0. The molecule has 1 atom stereocenters. The molecule has 0 aromatic rings. The van der Waals surface area contributed by atoms with Crippen LogP contribution >= 0.6 is 0 Å². The second-order valence-electron chi connectivity index (χ2n) is 9.55. The number of allylic oxidation sites excluding steroid dienone is 4. The maximum Gasteiger partial charge on any atom is 0.00891 e. The zero-order valence-corrected chi connectivity index (χ0v) is 21.5. The fraction of sp³-hybridized carbons (Fsp3) is 0.862. The van der Waals surface area contributed by atoms with Crippen LogP contribution in [0.3, 0.4) is 0 Å². The lowest BCUT2D eigenvalue weighted by Gasteiger charge is -2.24. The van der Waals surface area contributed by atoms with Crippen molar-refractivity contribution in [3.05, 3.63) is 24.3 Å². The Morgan fingerprint density at radius 3 is 1.40 bits per heavy atom. The molecule has 0 aliphatic rings. The summed E-state index contributed by atoms with van der Waals surface area (Å²) in [6.07, 6.45) is 36.9. The Bertz CT molecular complexity index is 369. The second-order valence-corrected chi connectivity index (χ2v) is 9.55. The van der Waals surface area contributed by atoms with Gasteiger partial charge in [-0.1, -0.05) is 122 Å². The molecule has 30 heavy (non-hydrogen) atoms. The zero-order chi connectivity index (χ0) is 22.1. The molecule has 0 N–H and O–H groups in total. The summed E-state index contributed by atoms with van der Waals surface area (Å²) < 4.78 is 0. The van der Waals surface area contributed by atoms with Crippen LogP contribution in [0, 0.1) is 0 Å². The predicted octanol–water partition coefficient (Wildman–Crippen LogP) is 9.87. The van der Waals surface area contributed by atoms with Crippen molar-refractivity contribution in [2.45, 2.75) is 148 Å². The number of hydrogen-bond acceptors (Lipinski definition) is 1. The molecule has 0 saturated carbocycles. The van der Waals surface area contributed by atoms with Crippen LogP contribution in [0.25, 0.3) is 0 Å². The van der Waals surface area contributed by atoms with Crippen LogP contribution in [-0.4, -0.2) is 25.0 Å². The van der Waals surface area contributed by atoms with Gasteiger partial charge in [-0.3, -0.25) is 0 Å². The molecule has 0 rings (SSSR count). The highest BCUT2D eigenvalue weighted by molar-refractivity contribution is 4.92. The van der Waals surface area contributed by atoms with E-state index in [1.165, 1.54) is 122 Å². The van der Waals surface area contributed by atoms with Crippen LogP contribution in [0.4, 0.5) is 0 Å². The molecule has 0 aliphatic heterocycles. The van der Waals surface area contributed by atoms with E-state index in [9.17, 15) is 0 Å². The molecular weight excluding hydrogens is 362 g/mol. The van der Waals surface area contributed by atoms with Gasteiger partial charge in [-0.2, -0.15) is 0 Å². The van der Waals surface area contributed by atoms with E-state index in [2.05, 4.69) is 57.1 Å². The molecule has 0 saturated heterocycles. The van der Waals surface area contributed by atoms with Crippen LogP contribution < -0.4 is 0 Å². The minimum Gasteiger partial charge on any atom is -0.306 e. The fourth-order valence-electron chi connectivity index (χ4n) is 4.19. The molecule has 1 unspecified atom stereocenters. The van der Waals surface area contributed by atoms with E-state index < -0.39 is 0 Å². The van der Waals surface area contributed by atoms with Crippen LogP contribution in [-0.2, 0) is 0 Å². The molecule has 0 spiro atoms. The van der Waals surface area contributed by atoms with Gasteiger partial charge in [0.05, 0.1) is 0 Å². The molecular formula is C29H57N. The summed E-state index contributed by atoms with van der Waals surface area (Å²) >= 11 is 0. The van der Waals surface area contributed by atoms with Gasteiger partial charge in [0.15, 0.2) is 0 Å². The molecule has 0 aromatic carbocycles. The van der Waals surface area contributed by atoms with Gasteiger partial charge >= 0.3 is 0 Å². The van der Waals surface area contributed by atoms with Gasteiger partial charge in [-0.15, -0.1) is 0 Å². The van der Waals surface area contributed by atoms with Crippen molar-refractivity contribution in [3.8, 4) is 0 Å². The van der Waals surface area contributed by atoms with Crippen molar-refractivity contribution in [1.29, 1.82) is 0 Å². The molecule has 0 fully saturated rings. The Morgan fingerprint density at radius 2 is 0.900 bits per heavy atom. The predicted molar refractivity (Wildman–Crippen MR) is 139 cm³/mol. The lowest BCUT2D eigenvalue weighted by Crippen LogP contribution is -2.27. The van der Waals surface area contributed by atoms with Crippen molar-refractivity contribution in [2.24, 2.45) is 0 Å². The van der Waals surface area contributed by atoms with Crippen molar-refractivity contribution in [3.63, 3.8) is 0 Å². The average Bonchev–Trinajstić information content (AvgIpc) is 2.74. The minimum atomic E-state index is 0.804.